The number of amides is 1. The molecule has 24 heavy (non-hydrogen) atoms. The smallest absolute Gasteiger partial charge is 0.295 e. The van der Waals surface area contributed by atoms with E-state index in [0.29, 0.717) is 12.5 Å². The first-order chi connectivity index (χ1) is 11.4. The summed E-state index contributed by atoms with van der Waals surface area (Å²) >= 11 is 0. The SMILES string of the molecule is Nc1c(C(=O)NCCc2ccc(CO)cc2)cc(F)cc1[N+](=O)[O-]. The average molecular weight is 333 g/mol. The van der Waals surface area contributed by atoms with Gasteiger partial charge in [-0.1, -0.05) is 24.3 Å². The van der Waals surface area contributed by atoms with Crippen LogP contribution in [0.25, 0.3) is 0 Å². The molecule has 0 aliphatic heterocycles. The quantitative estimate of drug-likeness (QED) is 0.423. The molecule has 1 amide bonds. The van der Waals surface area contributed by atoms with Crippen molar-refractivity contribution < 1.29 is 19.2 Å². The van der Waals surface area contributed by atoms with Gasteiger partial charge in [0.25, 0.3) is 11.6 Å². The van der Waals surface area contributed by atoms with E-state index in [9.17, 15) is 19.3 Å². The first-order valence-corrected chi connectivity index (χ1v) is 7.12. The lowest BCUT2D eigenvalue weighted by Crippen LogP contribution is -2.27. The molecule has 2 aromatic rings. The van der Waals surface area contributed by atoms with Crippen LogP contribution in [0.4, 0.5) is 15.8 Å². The standard InChI is InChI=1S/C16H16FN3O4/c17-12-7-13(15(18)14(8-12)20(23)24)16(22)19-6-5-10-1-3-11(9-21)4-2-10/h1-4,7-8,21H,5-6,9,18H2,(H,19,22). The molecule has 2 aromatic carbocycles. The molecule has 0 fully saturated rings. The molecule has 0 aromatic heterocycles. The Morgan fingerprint density at radius 1 is 1.25 bits per heavy atom. The van der Waals surface area contributed by atoms with Crippen LogP contribution in [0.1, 0.15) is 21.5 Å². The summed E-state index contributed by atoms with van der Waals surface area (Å²) in [5.41, 5.74) is 6.02. The highest BCUT2D eigenvalue weighted by molar-refractivity contribution is 6.01. The minimum Gasteiger partial charge on any atom is -0.393 e. The highest BCUT2D eigenvalue weighted by atomic mass is 19.1. The van der Waals surface area contributed by atoms with E-state index in [1.54, 1.807) is 12.1 Å². The fourth-order valence-electron chi connectivity index (χ4n) is 2.17. The second-order valence-corrected chi connectivity index (χ2v) is 5.12. The summed E-state index contributed by atoms with van der Waals surface area (Å²) < 4.78 is 13.4. The summed E-state index contributed by atoms with van der Waals surface area (Å²) in [5, 5.41) is 22.3. The van der Waals surface area contributed by atoms with E-state index in [0.717, 1.165) is 17.2 Å². The highest BCUT2D eigenvalue weighted by Crippen LogP contribution is 2.26. The zero-order valence-electron chi connectivity index (χ0n) is 12.7. The first-order valence-electron chi connectivity index (χ1n) is 7.12. The molecule has 0 heterocycles. The van der Waals surface area contributed by atoms with Gasteiger partial charge in [-0.2, -0.15) is 0 Å². The normalized spacial score (nSPS) is 10.4. The Kier molecular flexibility index (Phi) is 5.43. The first kappa shape index (κ1) is 17.4. The molecular formula is C16H16FN3O4. The molecule has 0 atom stereocenters. The summed E-state index contributed by atoms with van der Waals surface area (Å²) in [7, 11) is 0. The van der Waals surface area contributed by atoms with Crippen molar-refractivity contribution in [3.63, 3.8) is 0 Å². The van der Waals surface area contributed by atoms with Crippen LogP contribution in [0.3, 0.4) is 0 Å². The lowest BCUT2D eigenvalue weighted by Gasteiger charge is -2.08. The molecule has 7 nitrogen and oxygen atoms in total. The number of benzene rings is 2. The van der Waals surface area contributed by atoms with Gasteiger partial charge in [-0.3, -0.25) is 14.9 Å². The van der Waals surface area contributed by atoms with Crippen molar-refractivity contribution in [1.82, 2.24) is 5.32 Å². The zero-order chi connectivity index (χ0) is 17.7. The van der Waals surface area contributed by atoms with Crippen molar-refractivity contribution in [2.24, 2.45) is 0 Å². The number of carbonyl (C=O) groups excluding carboxylic acids is 1. The molecule has 0 aliphatic rings. The number of anilines is 1. The second-order valence-electron chi connectivity index (χ2n) is 5.12. The second kappa shape index (κ2) is 7.51. The molecule has 0 aliphatic carbocycles. The van der Waals surface area contributed by atoms with Gasteiger partial charge < -0.3 is 16.2 Å². The monoisotopic (exact) mass is 333 g/mol. The Labute approximate surface area is 137 Å². The number of nitrogens with two attached hydrogens (primary N) is 1. The maximum atomic E-state index is 13.4. The number of nitrogens with zero attached hydrogens (tertiary/aromatic N) is 1. The Morgan fingerprint density at radius 3 is 2.46 bits per heavy atom. The number of halogens is 1. The summed E-state index contributed by atoms with van der Waals surface area (Å²) in [6.07, 6.45) is 0.509. The van der Waals surface area contributed by atoms with E-state index in [-0.39, 0.29) is 24.4 Å². The molecule has 0 unspecified atom stereocenters. The van der Waals surface area contributed by atoms with E-state index in [4.69, 9.17) is 10.8 Å². The number of carbonyl (C=O) groups is 1. The number of nitro groups is 1. The van der Waals surface area contributed by atoms with Crippen LogP contribution in [0.15, 0.2) is 36.4 Å². The Hall–Kier alpha value is -3.00. The van der Waals surface area contributed by atoms with Gasteiger partial charge in [-0.25, -0.2) is 4.39 Å². The van der Waals surface area contributed by atoms with Crippen LogP contribution in [-0.2, 0) is 13.0 Å². The summed E-state index contributed by atoms with van der Waals surface area (Å²) in [6, 6.07) is 8.72. The highest BCUT2D eigenvalue weighted by Gasteiger charge is 2.21. The van der Waals surface area contributed by atoms with Crippen molar-refractivity contribution in [3.8, 4) is 0 Å². The number of nitrogens with one attached hydrogen (secondary N) is 1. The average Bonchev–Trinajstić information content (AvgIpc) is 2.56. The number of hydrogen-bond donors (Lipinski definition) is 3. The number of nitrogen functional groups attached to an aromatic ring is 1. The number of aliphatic hydroxyl groups is 1. The third kappa shape index (κ3) is 4.05. The van der Waals surface area contributed by atoms with Crippen LogP contribution < -0.4 is 11.1 Å². The maximum absolute atomic E-state index is 13.4. The van der Waals surface area contributed by atoms with Crippen LogP contribution in [0.2, 0.25) is 0 Å². The van der Waals surface area contributed by atoms with E-state index in [2.05, 4.69) is 5.32 Å². The van der Waals surface area contributed by atoms with Gasteiger partial charge in [-0.05, 0) is 23.6 Å². The Bertz CT molecular complexity index is 763. The van der Waals surface area contributed by atoms with Crippen molar-refractivity contribution in [3.05, 3.63) is 69.0 Å². The van der Waals surface area contributed by atoms with Crippen LogP contribution in [0, 0.1) is 15.9 Å². The van der Waals surface area contributed by atoms with Gasteiger partial charge in [0.2, 0.25) is 0 Å². The summed E-state index contributed by atoms with van der Waals surface area (Å²) in [5.74, 6) is -1.58. The van der Waals surface area contributed by atoms with Crippen molar-refractivity contribution in [1.29, 1.82) is 0 Å². The Morgan fingerprint density at radius 2 is 1.88 bits per heavy atom. The Balaban J connectivity index is 2.03. The van der Waals surface area contributed by atoms with Crippen LogP contribution in [0.5, 0.6) is 0 Å². The minimum atomic E-state index is -0.902. The molecule has 4 N–H and O–H groups in total. The molecular weight excluding hydrogens is 317 g/mol. The maximum Gasteiger partial charge on any atom is 0.295 e. The molecule has 0 radical (unpaired) electrons. The number of aliphatic hydroxyl groups excluding tert-OH is 1. The van der Waals surface area contributed by atoms with Crippen LogP contribution >= 0.6 is 0 Å². The third-order valence-electron chi connectivity index (χ3n) is 3.47. The lowest BCUT2D eigenvalue weighted by molar-refractivity contribution is -0.384. The number of rotatable bonds is 6. The van der Waals surface area contributed by atoms with Gasteiger partial charge >= 0.3 is 0 Å². The van der Waals surface area contributed by atoms with E-state index >= 15 is 0 Å². The fraction of sp³-hybridized carbons (Fsp3) is 0.188. The molecule has 0 saturated heterocycles. The largest absolute Gasteiger partial charge is 0.393 e. The molecule has 126 valence electrons. The summed E-state index contributed by atoms with van der Waals surface area (Å²) in [4.78, 5) is 22.0. The van der Waals surface area contributed by atoms with Crippen LogP contribution in [-0.4, -0.2) is 22.5 Å². The molecule has 8 heteroatoms. The fourth-order valence-corrected chi connectivity index (χ4v) is 2.17. The third-order valence-corrected chi connectivity index (χ3v) is 3.47. The van der Waals surface area contributed by atoms with Crippen molar-refractivity contribution >= 4 is 17.3 Å². The predicted molar refractivity (Wildman–Crippen MR) is 85.9 cm³/mol. The molecule has 0 bridgehead atoms. The van der Waals surface area contributed by atoms with E-state index < -0.39 is 22.3 Å². The number of nitro benzene ring substituents is 1. The van der Waals surface area contributed by atoms with E-state index in [1.165, 1.54) is 0 Å². The van der Waals surface area contributed by atoms with Crippen molar-refractivity contribution in [2.75, 3.05) is 12.3 Å². The van der Waals surface area contributed by atoms with Gasteiger partial charge in [0, 0.05) is 6.54 Å². The topological polar surface area (TPSA) is 118 Å². The minimum absolute atomic E-state index is 0.0470. The van der Waals surface area contributed by atoms with Crippen molar-refractivity contribution in [2.45, 2.75) is 13.0 Å². The van der Waals surface area contributed by atoms with Gasteiger partial charge in [0.15, 0.2) is 0 Å². The summed E-state index contributed by atoms with van der Waals surface area (Å²) in [6.45, 7) is 0.204. The lowest BCUT2D eigenvalue weighted by atomic mass is 10.1. The van der Waals surface area contributed by atoms with E-state index in [1.807, 2.05) is 12.1 Å². The van der Waals surface area contributed by atoms with Gasteiger partial charge in [-0.15, -0.1) is 0 Å². The molecule has 0 saturated carbocycles. The van der Waals surface area contributed by atoms with Gasteiger partial charge in [0.1, 0.15) is 11.5 Å². The predicted octanol–water partition coefficient (Wildman–Crippen LogP) is 1.78. The molecule has 2 rings (SSSR count). The molecule has 0 spiro atoms. The number of hydrogen-bond acceptors (Lipinski definition) is 5. The zero-order valence-corrected chi connectivity index (χ0v) is 12.7. The van der Waals surface area contributed by atoms with Gasteiger partial charge in [0.05, 0.1) is 23.2 Å².